The van der Waals surface area contributed by atoms with Gasteiger partial charge >= 0.3 is 0 Å². The van der Waals surface area contributed by atoms with E-state index in [-0.39, 0.29) is 5.62 Å². The molecular weight excluding hydrogens is 196 g/mol. The summed E-state index contributed by atoms with van der Waals surface area (Å²) >= 11 is 6.37. The van der Waals surface area contributed by atoms with Gasteiger partial charge in [-0.15, -0.1) is 0 Å². The molecular formula is C11H23ClN2. The van der Waals surface area contributed by atoms with Crippen LogP contribution in [0.2, 0.25) is 0 Å². The smallest absolute Gasteiger partial charge is 0.140 e. The first-order valence-electron chi connectivity index (χ1n) is 5.91. The first kappa shape index (κ1) is 12.3. The molecule has 1 saturated heterocycles. The highest BCUT2D eigenvalue weighted by Gasteiger charge is 2.28. The SMILES string of the molecule is CCCCN1CCN(CCCC)C1Cl. The molecule has 0 aromatic heterocycles. The zero-order valence-electron chi connectivity index (χ0n) is 9.51. The Morgan fingerprint density at radius 1 is 1.00 bits per heavy atom. The van der Waals surface area contributed by atoms with Crippen LogP contribution in [0.15, 0.2) is 0 Å². The fourth-order valence-electron chi connectivity index (χ4n) is 1.86. The number of rotatable bonds is 6. The minimum atomic E-state index is 0.160. The summed E-state index contributed by atoms with van der Waals surface area (Å²) in [7, 11) is 0. The Balaban J connectivity index is 2.24. The normalized spacial score (nSPS) is 20.8. The zero-order valence-corrected chi connectivity index (χ0v) is 10.3. The standard InChI is InChI=1S/C11H23ClN2/c1-3-5-7-13-9-10-14(11(13)12)8-6-4-2/h11H,3-10H2,1-2H3. The van der Waals surface area contributed by atoms with Crippen molar-refractivity contribution in [3.05, 3.63) is 0 Å². The number of nitrogens with zero attached hydrogens (tertiary/aromatic N) is 2. The first-order chi connectivity index (χ1) is 6.79. The average Bonchev–Trinajstić information content (AvgIpc) is 2.54. The second-order valence-corrected chi connectivity index (χ2v) is 4.48. The maximum absolute atomic E-state index is 6.37. The zero-order chi connectivity index (χ0) is 10.4. The molecule has 14 heavy (non-hydrogen) atoms. The quantitative estimate of drug-likeness (QED) is 0.500. The van der Waals surface area contributed by atoms with Gasteiger partial charge in [-0.1, -0.05) is 38.3 Å². The second kappa shape index (κ2) is 6.65. The van der Waals surface area contributed by atoms with Crippen LogP contribution in [0.5, 0.6) is 0 Å². The number of halogens is 1. The summed E-state index contributed by atoms with van der Waals surface area (Å²) < 4.78 is 0. The van der Waals surface area contributed by atoms with Crippen LogP contribution in [0, 0.1) is 0 Å². The molecule has 0 aliphatic carbocycles. The molecule has 0 amide bonds. The minimum absolute atomic E-state index is 0.160. The van der Waals surface area contributed by atoms with E-state index in [0.717, 1.165) is 26.2 Å². The molecule has 1 heterocycles. The summed E-state index contributed by atoms with van der Waals surface area (Å²) in [6, 6.07) is 0. The van der Waals surface area contributed by atoms with Gasteiger partial charge in [-0.2, -0.15) is 0 Å². The fourth-order valence-corrected chi connectivity index (χ4v) is 2.25. The summed E-state index contributed by atoms with van der Waals surface area (Å²) in [4.78, 5) is 4.78. The van der Waals surface area contributed by atoms with E-state index in [2.05, 4.69) is 23.6 Å². The summed E-state index contributed by atoms with van der Waals surface area (Å²) in [6.45, 7) is 9.08. The van der Waals surface area contributed by atoms with Crippen molar-refractivity contribution in [2.24, 2.45) is 0 Å². The molecule has 1 aliphatic rings. The Bertz CT molecular complexity index is 136. The third-order valence-corrected chi connectivity index (χ3v) is 3.43. The van der Waals surface area contributed by atoms with Gasteiger partial charge in [0.15, 0.2) is 0 Å². The molecule has 0 spiro atoms. The van der Waals surface area contributed by atoms with E-state index in [9.17, 15) is 0 Å². The molecule has 3 heteroatoms. The van der Waals surface area contributed by atoms with E-state index in [1.54, 1.807) is 0 Å². The molecule has 0 bridgehead atoms. The first-order valence-corrected chi connectivity index (χ1v) is 6.35. The van der Waals surface area contributed by atoms with Crippen molar-refractivity contribution in [3.63, 3.8) is 0 Å². The molecule has 1 rings (SSSR count). The van der Waals surface area contributed by atoms with Gasteiger partial charge < -0.3 is 0 Å². The van der Waals surface area contributed by atoms with E-state index in [0.29, 0.717) is 0 Å². The maximum atomic E-state index is 6.37. The lowest BCUT2D eigenvalue weighted by atomic mass is 10.3. The van der Waals surface area contributed by atoms with Crippen molar-refractivity contribution >= 4 is 11.6 Å². The lowest BCUT2D eigenvalue weighted by molar-refractivity contribution is 0.204. The van der Waals surface area contributed by atoms with Crippen LogP contribution in [0.1, 0.15) is 39.5 Å². The lowest BCUT2D eigenvalue weighted by Crippen LogP contribution is -2.35. The Morgan fingerprint density at radius 3 is 1.79 bits per heavy atom. The molecule has 0 aromatic carbocycles. The number of hydrogen-bond donors (Lipinski definition) is 0. The third kappa shape index (κ3) is 3.41. The van der Waals surface area contributed by atoms with Crippen molar-refractivity contribution in [3.8, 4) is 0 Å². The highest BCUT2D eigenvalue weighted by atomic mass is 35.5. The molecule has 84 valence electrons. The van der Waals surface area contributed by atoms with E-state index < -0.39 is 0 Å². The summed E-state index contributed by atoms with van der Waals surface area (Å²) in [5.41, 5.74) is 0.160. The van der Waals surface area contributed by atoms with Crippen LogP contribution in [0.3, 0.4) is 0 Å². The molecule has 1 aliphatic heterocycles. The van der Waals surface area contributed by atoms with Crippen molar-refractivity contribution in [2.75, 3.05) is 26.2 Å². The molecule has 0 aromatic rings. The molecule has 0 unspecified atom stereocenters. The molecule has 0 saturated carbocycles. The third-order valence-electron chi connectivity index (χ3n) is 2.87. The van der Waals surface area contributed by atoms with Crippen LogP contribution in [0.25, 0.3) is 0 Å². The predicted molar refractivity (Wildman–Crippen MR) is 62.6 cm³/mol. The number of unbranched alkanes of at least 4 members (excludes halogenated alkanes) is 2. The van der Waals surface area contributed by atoms with Gasteiger partial charge in [-0.3, -0.25) is 9.80 Å². The molecule has 2 nitrogen and oxygen atoms in total. The summed E-state index contributed by atoms with van der Waals surface area (Å²) in [6.07, 6.45) is 5.06. The van der Waals surface area contributed by atoms with Gasteiger partial charge in [0.25, 0.3) is 0 Å². The van der Waals surface area contributed by atoms with Gasteiger partial charge in [0.1, 0.15) is 5.62 Å². The fraction of sp³-hybridized carbons (Fsp3) is 1.00. The monoisotopic (exact) mass is 218 g/mol. The Morgan fingerprint density at radius 2 is 1.43 bits per heavy atom. The maximum Gasteiger partial charge on any atom is 0.140 e. The average molecular weight is 219 g/mol. The van der Waals surface area contributed by atoms with Crippen LogP contribution in [0.4, 0.5) is 0 Å². The van der Waals surface area contributed by atoms with Gasteiger partial charge in [-0.05, 0) is 12.8 Å². The highest BCUT2D eigenvalue weighted by Crippen LogP contribution is 2.19. The summed E-state index contributed by atoms with van der Waals surface area (Å²) in [5.74, 6) is 0. The van der Waals surface area contributed by atoms with Crippen molar-refractivity contribution in [1.82, 2.24) is 9.80 Å². The molecule has 0 radical (unpaired) electrons. The summed E-state index contributed by atoms with van der Waals surface area (Å²) in [5, 5.41) is 0. The van der Waals surface area contributed by atoms with Gasteiger partial charge in [-0.25, -0.2) is 0 Å². The Labute approximate surface area is 93.2 Å². The van der Waals surface area contributed by atoms with Crippen LogP contribution >= 0.6 is 11.6 Å². The lowest BCUT2D eigenvalue weighted by Gasteiger charge is -2.24. The number of alkyl halides is 1. The van der Waals surface area contributed by atoms with E-state index >= 15 is 0 Å². The van der Waals surface area contributed by atoms with Crippen LogP contribution in [-0.4, -0.2) is 41.6 Å². The van der Waals surface area contributed by atoms with E-state index in [1.807, 2.05) is 0 Å². The predicted octanol–water partition coefficient (Wildman–Crippen LogP) is 2.73. The van der Waals surface area contributed by atoms with Crippen LogP contribution in [-0.2, 0) is 0 Å². The van der Waals surface area contributed by atoms with E-state index in [1.165, 1.54) is 25.7 Å². The van der Waals surface area contributed by atoms with Crippen molar-refractivity contribution in [1.29, 1.82) is 0 Å². The van der Waals surface area contributed by atoms with Crippen molar-refractivity contribution in [2.45, 2.75) is 45.2 Å². The van der Waals surface area contributed by atoms with Gasteiger partial charge in [0, 0.05) is 26.2 Å². The molecule has 0 N–H and O–H groups in total. The second-order valence-electron chi connectivity index (χ2n) is 4.09. The molecule has 1 fully saturated rings. The van der Waals surface area contributed by atoms with Gasteiger partial charge in [0.2, 0.25) is 0 Å². The number of hydrogen-bond acceptors (Lipinski definition) is 2. The minimum Gasteiger partial charge on any atom is -0.274 e. The topological polar surface area (TPSA) is 6.48 Å². The Hall–Kier alpha value is 0.210. The van der Waals surface area contributed by atoms with E-state index in [4.69, 9.17) is 11.6 Å². The highest BCUT2D eigenvalue weighted by molar-refractivity contribution is 6.20. The Kier molecular flexibility index (Phi) is 5.83. The van der Waals surface area contributed by atoms with Gasteiger partial charge in [0.05, 0.1) is 0 Å². The molecule has 0 atom stereocenters. The van der Waals surface area contributed by atoms with Crippen molar-refractivity contribution < 1.29 is 0 Å². The largest absolute Gasteiger partial charge is 0.274 e. The van der Waals surface area contributed by atoms with Crippen LogP contribution < -0.4 is 0 Å².